The Bertz CT molecular complexity index is 404. The minimum absolute atomic E-state index is 0. The molecule has 0 aromatic heterocycles. The van der Waals surface area contributed by atoms with Gasteiger partial charge in [-0.15, -0.1) is 6.42 Å². The summed E-state index contributed by atoms with van der Waals surface area (Å²) in [6, 6.07) is 10.4. The fourth-order valence-electron chi connectivity index (χ4n) is 1.94. The summed E-state index contributed by atoms with van der Waals surface area (Å²) in [5.74, 6) is 0. The van der Waals surface area contributed by atoms with Gasteiger partial charge in [0.15, 0.2) is 0 Å². The Balaban J connectivity index is 0. The largest absolute Gasteiger partial charge is 3.00 e. The molecular weight excluding hydrogens is 327 g/mol. The summed E-state index contributed by atoms with van der Waals surface area (Å²) in [6.07, 6.45) is 10.9. The number of ether oxygens (including phenoxy) is 1. The molecule has 1 aliphatic carbocycles. The third-order valence-electron chi connectivity index (χ3n) is 2.89. The topological polar surface area (TPSA) is 9.23 Å². The predicted molar refractivity (Wildman–Crippen MR) is 70.6 cm³/mol. The first-order valence-corrected chi connectivity index (χ1v) is 6.35. The Morgan fingerprint density at radius 1 is 1.20 bits per heavy atom. The number of benzene rings is 1. The van der Waals surface area contributed by atoms with Crippen molar-refractivity contribution in [2.75, 3.05) is 6.61 Å². The molecule has 1 nitrogen and oxygen atoms in total. The van der Waals surface area contributed by atoms with Crippen molar-refractivity contribution in [2.45, 2.75) is 32.3 Å². The zero-order valence-electron chi connectivity index (χ0n) is 11.6. The monoisotopic (exact) mass is 345 g/mol. The van der Waals surface area contributed by atoms with Crippen molar-refractivity contribution in [3.8, 4) is 0 Å². The number of hydrogen-bond acceptors (Lipinski definition) is 1. The van der Waals surface area contributed by atoms with Crippen LogP contribution in [0, 0.1) is 6.08 Å². The number of hydrogen-bond donors (Lipinski definition) is 0. The van der Waals surface area contributed by atoms with Crippen LogP contribution in [0.25, 0.3) is 0 Å². The summed E-state index contributed by atoms with van der Waals surface area (Å²) in [5.41, 5.74) is 2.39. The molecule has 4 heteroatoms. The second-order valence-corrected chi connectivity index (χ2v) is 4.25. The van der Waals surface area contributed by atoms with E-state index in [1.165, 1.54) is 17.6 Å². The van der Waals surface area contributed by atoms with E-state index in [9.17, 15) is 0 Å². The molecule has 0 bridgehead atoms. The first kappa shape index (κ1) is 22.2. The molecule has 0 heterocycles. The van der Waals surface area contributed by atoms with E-state index in [0.29, 0.717) is 0 Å². The van der Waals surface area contributed by atoms with Gasteiger partial charge in [0.25, 0.3) is 0 Å². The summed E-state index contributed by atoms with van der Waals surface area (Å²) >= 11 is 0. The molecule has 0 saturated carbocycles. The van der Waals surface area contributed by atoms with E-state index >= 15 is 0 Å². The van der Waals surface area contributed by atoms with Crippen LogP contribution in [0.3, 0.4) is 0 Å². The Morgan fingerprint density at radius 3 is 2.45 bits per heavy atom. The Morgan fingerprint density at radius 2 is 1.90 bits per heavy atom. The van der Waals surface area contributed by atoms with Crippen molar-refractivity contribution in [3.63, 3.8) is 0 Å². The molecule has 20 heavy (non-hydrogen) atoms. The Kier molecular flexibility index (Phi) is 14.1. The van der Waals surface area contributed by atoms with Crippen LogP contribution < -0.4 is 24.8 Å². The van der Waals surface area contributed by atoms with Gasteiger partial charge in [0.1, 0.15) is 0 Å². The van der Waals surface area contributed by atoms with Crippen LogP contribution in [-0.4, -0.2) is 6.61 Å². The minimum Gasteiger partial charge on any atom is -1.00 e. The van der Waals surface area contributed by atoms with Crippen LogP contribution in [0.1, 0.15) is 37.9 Å². The third-order valence-corrected chi connectivity index (χ3v) is 2.89. The van der Waals surface area contributed by atoms with Crippen LogP contribution in [-0.2, 0) is 26.5 Å². The molecule has 0 fully saturated rings. The Labute approximate surface area is 149 Å². The maximum Gasteiger partial charge on any atom is 3.00 e. The fraction of sp³-hybridized carbons (Fsp3) is 0.375. The average Bonchev–Trinajstić information content (AvgIpc) is 2.89. The number of unbranched alkanes of at least 4 members (excludes halogenated alkanes) is 1. The van der Waals surface area contributed by atoms with Crippen LogP contribution in [0.15, 0.2) is 48.1 Å². The zero-order valence-corrected chi connectivity index (χ0v) is 14.7. The molecule has 1 aliphatic rings. The first-order valence-electron chi connectivity index (χ1n) is 6.35. The fourth-order valence-corrected chi connectivity index (χ4v) is 1.94. The molecule has 0 saturated heterocycles. The van der Waals surface area contributed by atoms with Crippen LogP contribution in [0.4, 0.5) is 0 Å². The molecule has 0 N–H and O–H groups in total. The smallest absolute Gasteiger partial charge is 1.00 e. The van der Waals surface area contributed by atoms with Crippen molar-refractivity contribution in [3.05, 3.63) is 59.7 Å². The normalized spacial score (nSPS) is 13.6. The van der Waals surface area contributed by atoms with Crippen molar-refractivity contribution >= 4 is 0 Å². The van der Waals surface area contributed by atoms with Crippen LogP contribution >= 0.6 is 0 Å². The molecule has 1 atom stereocenters. The number of halogens is 2. The molecule has 0 aliphatic heterocycles. The molecule has 1 aromatic carbocycles. The van der Waals surface area contributed by atoms with Gasteiger partial charge in [0.05, 0.1) is 6.10 Å². The minimum atomic E-state index is 0. The molecule has 0 amide bonds. The van der Waals surface area contributed by atoms with Crippen LogP contribution in [0.5, 0.6) is 0 Å². The summed E-state index contributed by atoms with van der Waals surface area (Å²) in [6.45, 7) is 3.00. The van der Waals surface area contributed by atoms with Crippen molar-refractivity contribution < 1.29 is 51.3 Å². The molecule has 107 valence electrons. The number of rotatable bonds is 6. The SMILES string of the molecule is CCCCOC(C1=[C-]CC=C1)c1ccccc1.[Cl-].[Cl-].[Ti+3]. The quantitative estimate of drug-likeness (QED) is 0.337. The van der Waals surface area contributed by atoms with Gasteiger partial charge in [-0.2, -0.15) is 11.6 Å². The first-order chi connectivity index (χ1) is 8.42. The maximum absolute atomic E-state index is 6.00. The average molecular weight is 346 g/mol. The van der Waals surface area contributed by atoms with Gasteiger partial charge in [0, 0.05) is 6.61 Å². The molecular formula is C16H19Cl2OTi. The van der Waals surface area contributed by atoms with Crippen molar-refractivity contribution in [1.29, 1.82) is 0 Å². The van der Waals surface area contributed by atoms with Crippen molar-refractivity contribution in [1.82, 2.24) is 0 Å². The molecule has 2 rings (SSSR count). The van der Waals surface area contributed by atoms with Gasteiger partial charge in [-0.1, -0.05) is 43.7 Å². The van der Waals surface area contributed by atoms with Gasteiger partial charge >= 0.3 is 21.7 Å². The van der Waals surface area contributed by atoms with E-state index in [4.69, 9.17) is 4.74 Å². The molecule has 0 spiro atoms. The Hall–Kier alpha value is -0.0457. The predicted octanol–water partition coefficient (Wildman–Crippen LogP) is -1.76. The van der Waals surface area contributed by atoms with E-state index in [1.807, 2.05) is 6.07 Å². The van der Waals surface area contributed by atoms with Gasteiger partial charge in [-0.25, -0.2) is 6.08 Å². The summed E-state index contributed by atoms with van der Waals surface area (Å²) in [4.78, 5) is 0. The number of allylic oxidation sites excluding steroid dienone is 2. The summed E-state index contributed by atoms with van der Waals surface area (Å²) < 4.78 is 6.00. The zero-order chi connectivity index (χ0) is 11.9. The second-order valence-electron chi connectivity index (χ2n) is 4.25. The standard InChI is InChI=1S/C16H19O.2ClH.Ti/c1-2-3-13-17-16(15-11-7-8-12-15)14-9-5-4-6-10-14;;;/h4-7,9-11,16H,2-3,8,13H2,1H3;2*1H;/q-1;;;+3/p-2. The third kappa shape index (κ3) is 6.60. The van der Waals surface area contributed by atoms with E-state index in [-0.39, 0.29) is 52.6 Å². The molecule has 1 aromatic rings. The van der Waals surface area contributed by atoms with E-state index in [2.05, 4.69) is 49.4 Å². The van der Waals surface area contributed by atoms with Crippen LogP contribution in [0.2, 0.25) is 0 Å². The molecule has 1 unspecified atom stereocenters. The van der Waals surface area contributed by atoms with E-state index in [1.54, 1.807) is 0 Å². The maximum atomic E-state index is 6.00. The van der Waals surface area contributed by atoms with Gasteiger partial charge in [0.2, 0.25) is 0 Å². The van der Waals surface area contributed by atoms with E-state index < -0.39 is 0 Å². The van der Waals surface area contributed by atoms with Gasteiger partial charge in [-0.05, 0) is 12.0 Å². The van der Waals surface area contributed by atoms with Crippen molar-refractivity contribution in [2.24, 2.45) is 0 Å². The summed E-state index contributed by atoms with van der Waals surface area (Å²) in [5, 5.41) is 0. The second kappa shape index (κ2) is 12.7. The van der Waals surface area contributed by atoms with E-state index in [0.717, 1.165) is 19.4 Å². The molecule has 1 radical (unpaired) electrons. The summed E-state index contributed by atoms with van der Waals surface area (Å²) in [7, 11) is 0. The van der Waals surface area contributed by atoms with Gasteiger partial charge in [-0.3, -0.25) is 6.08 Å². The van der Waals surface area contributed by atoms with Gasteiger partial charge < -0.3 is 29.6 Å².